The Kier molecular flexibility index (Phi) is 8.46. The lowest BCUT2D eigenvalue weighted by Crippen LogP contribution is -2.93. The van der Waals surface area contributed by atoms with Crippen molar-refractivity contribution in [3.8, 4) is 0 Å². The third kappa shape index (κ3) is 3.61. The molecule has 1 rings (SSSR count). The summed E-state index contributed by atoms with van der Waals surface area (Å²) in [7, 11) is 0. The van der Waals surface area contributed by atoms with Gasteiger partial charge in [-0.05, 0) is 0 Å². The van der Waals surface area contributed by atoms with Crippen LogP contribution in [0.2, 0.25) is 0 Å². The number of aliphatic carboxylic acids is 6. The van der Waals surface area contributed by atoms with Crippen molar-refractivity contribution in [3.05, 3.63) is 0 Å². The normalized spacial score (nSPS) is 17.4. The molecule has 10 N–H and O–H groups in total. The lowest BCUT2D eigenvalue weighted by molar-refractivity contribution is -0.221. The van der Waals surface area contributed by atoms with Gasteiger partial charge in [-0.2, -0.15) is 0 Å². The Morgan fingerprint density at radius 3 is 1.03 bits per heavy atom. The number of piperazine rings is 1. The van der Waals surface area contributed by atoms with E-state index in [1.54, 1.807) is 0 Å². The number of hydrogen-bond acceptors (Lipinski definition) is 10. The molecule has 0 unspecified atom stereocenters. The average Bonchev–Trinajstić information content (AvgIpc) is 2.70. The molecule has 0 aromatic carbocycles. The van der Waals surface area contributed by atoms with Crippen LogP contribution in [0.4, 0.5) is 9.59 Å². The van der Waals surface area contributed by atoms with Gasteiger partial charge in [0.2, 0.25) is 0 Å². The number of carboxylic acids is 6. The summed E-state index contributed by atoms with van der Waals surface area (Å²) in [5.74, 6) is -18.2. The van der Waals surface area contributed by atoms with Gasteiger partial charge >= 0.3 is 48.0 Å². The van der Waals surface area contributed by atoms with Crippen molar-refractivity contribution >= 4 is 48.0 Å². The maximum absolute atomic E-state index is 11.9. The lowest BCUT2D eigenvalue weighted by Gasteiger charge is -2.56. The predicted molar refractivity (Wildman–Crippen MR) is 92.8 cm³/mol. The molecule has 0 spiro atoms. The maximum atomic E-state index is 11.9. The molecule has 0 radical (unpaired) electrons. The third-order valence-electron chi connectivity index (χ3n) is 4.50. The second-order valence-corrected chi connectivity index (χ2v) is 6.05. The highest BCUT2D eigenvalue weighted by molar-refractivity contribution is 6.24. The van der Waals surface area contributed by atoms with Gasteiger partial charge in [0.1, 0.15) is 0 Å². The summed E-state index contributed by atoms with van der Waals surface area (Å²) in [6.45, 7) is -2.56. The van der Waals surface area contributed by atoms with E-state index in [0.29, 0.717) is 0 Å². The number of carboxylic acid groups (broad SMARTS) is 8. The first-order valence-corrected chi connectivity index (χ1v) is 8.09. The minimum absolute atomic E-state index is 0.125. The van der Waals surface area contributed by atoms with E-state index in [1.807, 2.05) is 0 Å². The van der Waals surface area contributed by atoms with Gasteiger partial charge in [-0.15, -0.1) is 0 Å². The van der Waals surface area contributed by atoms with Crippen molar-refractivity contribution < 1.29 is 89.4 Å². The number of nitrogens with zero attached hydrogens (tertiary/aromatic N) is 2. The lowest BCUT2D eigenvalue weighted by atomic mass is 9.67. The molecule has 1 fully saturated rings. The van der Waals surface area contributed by atoms with E-state index in [-0.39, 0.29) is 13.2 Å². The first-order valence-electron chi connectivity index (χ1n) is 8.09. The molecular formula is C14H16N2O18. The fourth-order valence-corrected chi connectivity index (χ4v) is 3.22. The summed E-state index contributed by atoms with van der Waals surface area (Å²) in [6, 6.07) is 0. The first kappa shape index (κ1) is 29.3. The van der Waals surface area contributed by atoms with Crippen LogP contribution in [0.5, 0.6) is 0 Å². The second-order valence-electron chi connectivity index (χ2n) is 6.05. The molecule has 20 heteroatoms. The number of aliphatic hydroxyl groups is 2. The summed E-state index contributed by atoms with van der Waals surface area (Å²) >= 11 is 0. The molecule has 190 valence electrons. The van der Waals surface area contributed by atoms with Crippen molar-refractivity contribution in [1.29, 1.82) is 0 Å². The first-order chi connectivity index (χ1) is 15.4. The molecule has 0 aliphatic carbocycles. The topological polar surface area (TPSA) is 345 Å². The van der Waals surface area contributed by atoms with Crippen LogP contribution in [0.25, 0.3) is 0 Å². The Morgan fingerprint density at radius 1 is 0.529 bits per heavy atom. The van der Waals surface area contributed by atoms with Crippen LogP contribution in [0.3, 0.4) is 0 Å². The number of rotatable bonds is 7. The Labute approximate surface area is 184 Å². The van der Waals surface area contributed by atoms with Crippen LogP contribution in [-0.2, 0) is 28.8 Å². The molecular weight excluding hydrogens is 484 g/mol. The summed E-state index contributed by atoms with van der Waals surface area (Å²) in [5, 5.41) is 90.4. The van der Waals surface area contributed by atoms with Gasteiger partial charge < -0.3 is 51.1 Å². The number of aliphatic hydroxyl groups excluding tert-OH is 2. The Balaban J connectivity index is 0.00000251. The number of carbonyl (C=O) groups is 8. The molecule has 2 amide bonds. The minimum atomic E-state index is -5.02. The highest BCUT2D eigenvalue weighted by Gasteiger charge is 2.87. The van der Waals surface area contributed by atoms with Crippen LogP contribution in [-0.4, -0.2) is 145 Å². The molecule has 1 heterocycles. The van der Waals surface area contributed by atoms with Crippen molar-refractivity contribution in [3.63, 3.8) is 0 Å². The van der Waals surface area contributed by atoms with Crippen molar-refractivity contribution in [2.24, 2.45) is 0 Å². The van der Waals surface area contributed by atoms with E-state index in [9.17, 15) is 79.2 Å². The Morgan fingerprint density at radius 2 is 0.853 bits per heavy atom. The van der Waals surface area contributed by atoms with E-state index >= 15 is 0 Å². The summed E-state index contributed by atoms with van der Waals surface area (Å²) in [4.78, 5) is 91.8. The van der Waals surface area contributed by atoms with E-state index in [0.717, 1.165) is 0 Å². The smallest absolute Gasteiger partial charge is 0.410 e. The average molecular weight is 500 g/mol. The zero-order valence-electron chi connectivity index (χ0n) is 16.3. The SMILES string of the molecule is O=C(O)N1CC(C(=O)O)(C(=O)O)N(C(=O)O)C(C(=O)O)(C(=O)O)C1(C(=O)O)C(=O)O.OCCO. The van der Waals surface area contributed by atoms with E-state index in [4.69, 9.17) is 10.2 Å². The maximum Gasteiger partial charge on any atom is 0.410 e. The van der Waals surface area contributed by atoms with Gasteiger partial charge in [-0.3, -0.25) is 9.80 Å². The van der Waals surface area contributed by atoms with Crippen LogP contribution in [0.1, 0.15) is 0 Å². The van der Waals surface area contributed by atoms with E-state index < -0.39 is 81.0 Å². The van der Waals surface area contributed by atoms with E-state index in [1.165, 1.54) is 0 Å². The fraction of sp³-hybridized carbons (Fsp3) is 0.429. The quantitative estimate of drug-likeness (QED) is 0.148. The van der Waals surface area contributed by atoms with Crippen LogP contribution < -0.4 is 0 Å². The number of hydrogen-bond donors (Lipinski definition) is 10. The molecule has 1 saturated heterocycles. The van der Waals surface area contributed by atoms with Crippen LogP contribution in [0, 0.1) is 0 Å². The fourth-order valence-electron chi connectivity index (χ4n) is 3.22. The van der Waals surface area contributed by atoms with Crippen LogP contribution >= 0.6 is 0 Å². The summed E-state index contributed by atoms with van der Waals surface area (Å²) in [6.07, 6.45) is -5.77. The van der Waals surface area contributed by atoms with Crippen molar-refractivity contribution in [2.45, 2.75) is 16.6 Å². The monoisotopic (exact) mass is 500 g/mol. The molecule has 20 nitrogen and oxygen atoms in total. The molecule has 0 aromatic rings. The molecule has 0 aromatic heterocycles. The van der Waals surface area contributed by atoms with Crippen molar-refractivity contribution in [2.75, 3.05) is 19.8 Å². The van der Waals surface area contributed by atoms with Crippen molar-refractivity contribution in [1.82, 2.24) is 9.80 Å². The van der Waals surface area contributed by atoms with Gasteiger partial charge in [-0.25, -0.2) is 38.4 Å². The molecule has 0 bridgehead atoms. The molecule has 1 aliphatic rings. The second kappa shape index (κ2) is 9.83. The summed E-state index contributed by atoms with van der Waals surface area (Å²) in [5.41, 5.74) is -14.1. The highest BCUT2D eigenvalue weighted by Crippen LogP contribution is 2.46. The highest BCUT2D eigenvalue weighted by atomic mass is 16.5. The molecule has 0 atom stereocenters. The zero-order valence-corrected chi connectivity index (χ0v) is 16.3. The Bertz CT molecular complexity index is 895. The Hall–Kier alpha value is -4.72. The van der Waals surface area contributed by atoms with Gasteiger partial charge in [0.05, 0.1) is 19.8 Å². The van der Waals surface area contributed by atoms with Gasteiger partial charge in [0.15, 0.2) is 0 Å². The third-order valence-corrected chi connectivity index (χ3v) is 4.50. The van der Waals surface area contributed by atoms with Gasteiger partial charge in [0.25, 0.3) is 16.6 Å². The molecule has 34 heavy (non-hydrogen) atoms. The van der Waals surface area contributed by atoms with Gasteiger partial charge in [0, 0.05) is 0 Å². The zero-order chi connectivity index (χ0) is 27.4. The van der Waals surface area contributed by atoms with Gasteiger partial charge in [-0.1, -0.05) is 0 Å². The molecule has 0 saturated carbocycles. The summed E-state index contributed by atoms with van der Waals surface area (Å²) < 4.78 is 0. The largest absolute Gasteiger partial charge is 0.479 e. The minimum Gasteiger partial charge on any atom is -0.479 e. The predicted octanol–water partition coefficient (Wildman–Crippen LogP) is -4.34. The number of amides is 2. The van der Waals surface area contributed by atoms with Crippen LogP contribution in [0.15, 0.2) is 0 Å². The molecule has 1 aliphatic heterocycles. The van der Waals surface area contributed by atoms with E-state index in [2.05, 4.69) is 0 Å². The standard InChI is InChI=1S/C12H10N2O16.C2H6O2/c15-2(16)10(3(17)18)1-13(8(27)28)11(4(19)20,5(21)22)12(6(23)24,7(25)26)14(10)9(29)30;3-1-2-4/h1H2,(H,15,16)(H,17,18)(H,19,20)(H,21,22)(H,23,24)(H,25,26)(H,27,28)(H,29,30);3-4H,1-2H2.